The van der Waals surface area contributed by atoms with Crippen molar-refractivity contribution in [1.29, 1.82) is 0 Å². The molecule has 4 heteroatoms. The fraction of sp³-hybridized carbons (Fsp3) is 0.667. The first-order valence-electron chi connectivity index (χ1n) is 7.25. The number of likely N-dealkylation sites (tertiary alicyclic amines) is 1. The van der Waals surface area contributed by atoms with Gasteiger partial charge in [0.15, 0.2) is 0 Å². The zero-order chi connectivity index (χ0) is 13.7. The Bertz CT molecular complexity index is 393. The standard InChI is InChI=1S/C15H26N4/c1-4-16-10-14-6-5-7-15(17-14)19(3)12-13-8-9-18(2)11-13/h5-7,13,16H,4,8-12H2,1-3H3. The number of anilines is 1. The van der Waals surface area contributed by atoms with Gasteiger partial charge >= 0.3 is 0 Å². The van der Waals surface area contributed by atoms with Crippen LogP contribution in [-0.2, 0) is 6.54 Å². The summed E-state index contributed by atoms with van der Waals surface area (Å²) in [5.41, 5.74) is 1.12. The Balaban J connectivity index is 1.92. The van der Waals surface area contributed by atoms with Gasteiger partial charge < -0.3 is 15.1 Å². The lowest BCUT2D eigenvalue weighted by Crippen LogP contribution is -2.28. The van der Waals surface area contributed by atoms with Crippen LogP contribution in [0, 0.1) is 5.92 Å². The van der Waals surface area contributed by atoms with Crippen LogP contribution in [0.4, 0.5) is 5.82 Å². The first-order valence-corrected chi connectivity index (χ1v) is 7.25. The van der Waals surface area contributed by atoms with Crippen LogP contribution in [0.5, 0.6) is 0 Å². The highest BCUT2D eigenvalue weighted by molar-refractivity contribution is 5.38. The molecule has 0 aliphatic carbocycles. The lowest BCUT2D eigenvalue weighted by molar-refractivity contribution is 0.395. The highest BCUT2D eigenvalue weighted by Gasteiger charge is 2.21. The Morgan fingerprint density at radius 1 is 1.47 bits per heavy atom. The Hall–Kier alpha value is -1.13. The van der Waals surface area contributed by atoms with E-state index in [0.29, 0.717) is 0 Å². The molecule has 1 fully saturated rings. The van der Waals surface area contributed by atoms with E-state index >= 15 is 0 Å². The van der Waals surface area contributed by atoms with Crippen LogP contribution < -0.4 is 10.2 Å². The minimum atomic E-state index is 0.772. The number of rotatable bonds is 6. The molecule has 19 heavy (non-hydrogen) atoms. The molecule has 0 amide bonds. The molecule has 0 radical (unpaired) electrons. The summed E-state index contributed by atoms with van der Waals surface area (Å²) in [6, 6.07) is 6.30. The van der Waals surface area contributed by atoms with Crippen molar-refractivity contribution in [3.05, 3.63) is 23.9 Å². The monoisotopic (exact) mass is 262 g/mol. The molecule has 1 N–H and O–H groups in total. The van der Waals surface area contributed by atoms with Crippen LogP contribution in [0.2, 0.25) is 0 Å². The highest BCUT2D eigenvalue weighted by Crippen LogP contribution is 2.18. The third-order valence-corrected chi connectivity index (χ3v) is 3.76. The second-order valence-corrected chi connectivity index (χ2v) is 5.56. The number of hydrogen-bond acceptors (Lipinski definition) is 4. The minimum absolute atomic E-state index is 0.772. The smallest absolute Gasteiger partial charge is 0.128 e. The lowest BCUT2D eigenvalue weighted by atomic mass is 10.1. The van der Waals surface area contributed by atoms with Gasteiger partial charge in [-0.1, -0.05) is 13.0 Å². The minimum Gasteiger partial charge on any atom is -0.359 e. The summed E-state index contributed by atoms with van der Waals surface area (Å²) >= 11 is 0. The van der Waals surface area contributed by atoms with Crippen molar-refractivity contribution < 1.29 is 0 Å². The molecule has 106 valence electrons. The normalized spacial score (nSPS) is 19.8. The van der Waals surface area contributed by atoms with E-state index in [4.69, 9.17) is 4.98 Å². The molecule has 0 aromatic carbocycles. The molecule has 0 spiro atoms. The molecule has 1 aliphatic rings. The molecular formula is C15H26N4. The zero-order valence-electron chi connectivity index (χ0n) is 12.4. The Kier molecular flexibility index (Phi) is 5.16. The van der Waals surface area contributed by atoms with Gasteiger partial charge in [0, 0.05) is 26.7 Å². The summed E-state index contributed by atoms with van der Waals surface area (Å²) < 4.78 is 0. The molecule has 1 aromatic rings. The fourth-order valence-corrected chi connectivity index (χ4v) is 2.69. The van der Waals surface area contributed by atoms with Gasteiger partial charge in [-0.05, 0) is 44.6 Å². The molecule has 2 heterocycles. The molecule has 0 bridgehead atoms. The molecule has 0 saturated carbocycles. The molecule has 2 rings (SSSR count). The summed E-state index contributed by atoms with van der Waals surface area (Å²) in [5, 5.41) is 3.32. The molecular weight excluding hydrogens is 236 g/mol. The maximum Gasteiger partial charge on any atom is 0.128 e. The average Bonchev–Trinajstić information content (AvgIpc) is 2.82. The number of nitrogens with one attached hydrogen (secondary N) is 1. The SMILES string of the molecule is CCNCc1cccc(N(C)CC2CCN(C)C2)n1. The molecule has 1 atom stereocenters. The Morgan fingerprint density at radius 2 is 2.32 bits per heavy atom. The van der Waals surface area contributed by atoms with Gasteiger partial charge in [-0.15, -0.1) is 0 Å². The maximum absolute atomic E-state index is 4.72. The van der Waals surface area contributed by atoms with Gasteiger partial charge in [0.1, 0.15) is 5.82 Å². The number of pyridine rings is 1. The maximum atomic E-state index is 4.72. The Morgan fingerprint density at radius 3 is 3.00 bits per heavy atom. The van der Waals surface area contributed by atoms with E-state index in [2.05, 4.69) is 54.3 Å². The zero-order valence-corrected chi connectivity index (χ0v) is 12.4. The topological polar surface area (TPSA) is 31.4 Å². The fourth-order valence-electron chi connectivity index (χ4n) is 2.69. The van der Waals surface area contributed by atoms with Crippen LogP contribution in [0.25, 0.3) is 0 Å². The van der Waals surface area contributed by atoms with E-state index in [1.807, 2.05) is 0 Å². The first-order chi connectivity index (χ1) is 9.19. The van der Waals surface area contributed by atoms with Crippen LogP contribution in [0.1, 0.15) is 19.0 Å². The van der Waals surface area contributed by atoms with E-state index in [1.54, 1.807) is 0 Å². The van der Waals surface area contributed by atoms with Crippen LogP contribution in [0.3, 0.4) is 0 Å². The Labute approximate surface area is 116 Å². The van der Waals surface area contributed by atoms with Gasteiger partial charge in [0.25, 0.3) is 0 Å². The van der Waals surface area contributed by atoms with E-state index in [-0.39, 0.29) is 0 Å². The number of hydrogen-bond donors (Lipinski definition) is 1. The van der Waals surface area contributed by atoms with Crippen molar-refractivity contribution in [1.82, 2.24) is 15.2 Å². The predicted octanol–water partition coefficient (Wildman–Crippen LogP) is 1.58. The largest absolute Gasteiger partial charge is 0.359 e. The van der Waals surface area contributed by atoms with Gasteiger partial charge in [-0.2, -0.15) is 0 Å². The lowest BCUT2D eigenvalue weighted by Gasteiger charge is -2.22. The van der Waals surface area contributed by atoms with Crippen molar-refractivity contribution in [2.45, 2.75) is 19.9 Å². The number of aromatic nitrogens is 1. The van der Waals surface area contributed by atoms with Crippen molar-refractivity contribution in [2.24, 2.45) is 5.92 Å². The summed E-state index contributed by atoms with van der Waals surface area (Å²) in [5.74, 6) is 1.86. The molecule has 1 aromatic heterocycles. The highest BCUT2D eigenvalue weighted by atomic mass is 15.2. The van der Waals surface area contributed by atoms with Gasteiger partial charge in [-0.25, -0.2) is 4.98 Å². The third kappa shape index (κ3) is 4.18. The number of nitrogens with zero attached hydrogens (tertiary/aromatic N) is 3. The summed E-state index contributed by atoms with van der Waals surface area (Å²) in [7, 11) is 4.35. The third-order valence-electron chi connectivity index (χ3n) is 3.76. The second kappa shape index (κ2) is 6.87. The predicted molar refractivity (Wildman–Crippen MR) is 80.5 cm³/mol. The van der Waals surface area contributed by atoms with Crippen LogP contribution in [-0.4, -0.2) is 50.2 Å². The second-order valence-electron chi connectivity index (χ2n) is 5.56. The van der Waals surface area contributed by atoms with E-state index in [1.165, 1.54) is 19.5 Å². The van der Waals surface area contributed by atoms with Crippen molar-refractivity contribution in [3.8, 4) is 0 Å². The van der Waals surface area contributed by atoms with Crippen LogP contribution >= 0.6 is 0 Å². The van der Waals surface area contributed by atoms with Crippen LogP contribution in [0.15, 0.2) is 18.2 Å². The first kappa shape index (κ1) is 14.3. The average molecular weight is 262 g/mol. The van der Waals surface area contributed by atoms with Crippen molar-refractivity contribution in [3.63, 3.8) is 0 Å². The van der Waals surface area contributed by atoms with E-state index in [9.17, 15) is 0 Å². The van der Waals surface area contributed by atoms with Crippen molar-refractivity contribution in [2.75, 3.05) is 45.2 Å². The quantitative estimate of drug-likeness (QED) is 0.843. The van der Waals surface area contributed by atoms with Gasteiger partial charge in [-0.3, -0.25) is 0 Å². The summed E-state index contributed by atoms with van der Waals surface area (Å²) in [6.07, 6.45) is 1.30. The van der Waals surface area contributed by atoms with E-state index in [0.717, 1.165) is 37.1 Å². The van der Waals surface area contributed by atoms with Gasteiger partial charge in [0.05, 0.1) is 5.69 Å². The molecule has 4 nitrogen and oxygen atoms in total. The summed E-state index contributed by atoms with van der Waals surface area (Å²) in [4.78, 5) is 9.42. The molecule has 1 unspecified atom stereocenters. The molecule has 1 saturated heterocycles. The van der Waals surface area contributed by atoms with Crippen molar-refractivity contribution >= 4 is 5.82 Å². The summed E-state index contributed by atoms with van der Waals surface area (Å²) in [6.45, 7) is 7.49. The van der Waals surface area contributed by atoms with E-state index < -0.39 is 0 Å². The molecule has 1 aliphatic heterocycles. The van der Waals surface area contributed by atoms with Gasteiger partial charge in [0.2, 0.25) is 0 Å².